The van der Waals surface area contributed by atoms with Crippen molar-refractivity contribution in [2.45, 2.75) is 16.3 Å². The van der Waals surface area contributed by atoms with Crippen molar-refractivity contribution >= 4 is 15.7 Å². The summed E-state index contributed by atoms with van der Waals surface area (Å²) in [6, 6.07) is 19.7. The second kappa shape index (κ2) is 9.18. The molecule has 0 spiro atoms. The van der Waals surface area contributed by atoms with E-state index in [1.165, 1.54) is 36.4 Å². The summed E-state index contributed by atoms with van der Waals surface area (Å²) in [5.41, 5.74) is 1.54. The van der Waals surface area contributed by atoms with Gasteiger partial charge in [0.1, 0.15) is 19.0 Å². The van der Waals surface area contributed by atoms with Crippen molar-refractivity contribution in [1.82, 2.24) is 4.98 Å². The highest BCUT2D eigenvalue weighted by molar-refractivity contribution is 7.91. The number of sulfone groups is 1. The summed E-state index contributed by atoms with van der Waals surface area (Å²) >= 11 is 0. The van der Waals surface area contributed by atoms with E-state index in [0.717, 1.165) is 5.56 Å². The van der Waals surface area contributed by atoms with Gasteiger partial charge in [0.15, 0.2) is 11.5 Å². The molecule has 5 rings (SSSR count). The zero-order valence-corrected chi connectivity index (χ0v) is 18.8. The molecule has 0 saturated carbocycles. The number of rotatable bonds is 7. The summed E-state index contributed by atoms with van der Waals surface area (Å²) in [6.07, 6.45) is 0.650. The van der Waals surface area contributed by atoms with Gasteiger partial charge in [-0.15, -0.1) is 0 Å². The molecule has 2 heterocycles. The van der Waals surface area contributed by atoms with Crippen LogP contribution in [0.4, 0.5) is 10.3 Å². The Morgan fingerprint density at radius 3 is 2.41 bits per heavy atom. The third-order valence-corrected chi connectivity index (χ3v) is 6.97. The van der Waals surface area contributed by atoms with Crippen LogP contribution in [-0.4, -0.2) is 33.2 Å². The molecule has 7 nitrogen and oxygen atoms in total. The number of fused-ring (bicyclic) bond motifs is 1. The average molecular weight is 481 g/mol. The number of ether oxygens (including phenoxy) is 2. The maximum atomic E-state index is 13.6. The fourth-order valence-electron chi connectivity index (χ4n) is 3.58. The van der Waals surface area contributed by atoms with Crippen molar-refractivity contribution in [3.05, 3.63) is 84.2 Å². The Hall–Kier alpha value is -3.85. The number of nitrogens with one attached hydrogen (secondary N) is 1. The van der Waals surface area contributed by atoms with Crippen LogP contribution in [0, 0.1) is 5.82 Å². The number of hydrogen-bond acceptors (Lipinski definition) is 7. The fraction of sp³-hybridized carbons (Fsp3) is 0.160. The first-order valence-corrected chi connectivity index (χ1v) is 12.2. The Labute approximate surface area is 196 Å². The Morgan fingerprint density at radius 2 is 1.65 bits per heavy atom. The molecular weight excluding hydrogens is 459 g/mol. The van der Waals surface area contributed by atoms with E-state index in [4.69, 9.17) is 13.9 Å². The Morgan fingerprint density at radius 1 is 0.912 bits per heavy atom. The minimum absolute atomic E-state index is 0.00168. The second-order valence-corrected chi connectivity index (χ2v) is 9.50. The van der Waals surface area contributed by atoms with E-state index in [9.17, 15) is 12.8 Å². The summed E-state index contributed by atoms with van der Waals surface area (Å²) in [7, 11) is -4.07. The summed E-state index contributed by atoms with van der Waals surface area (Å²) in [4.78, 5) is 4.29. The zero-order chi connectivity index (χ0) is 23.5. The van der Waals surface area contributed by atoms with E-state index in [2.05, 4.69) is 10.3 Å². The first-order valence-electron chi connectivity index (χ1n) is 10.7. The first kappa shape index (κ1) is 22.0. The molecule has 0 unspecified atom stereocenters. The van der Waals surface area contributed by atoms with E-state index in [0.29, 0.717) is 43.2 Å². The van der Waals surface area contributed by atoms with Crippen molar-refractivity contribution in [3.63, 3.8) is 0 Å². The molecule has 0 atom stereocenters. The van der Waals surface area contributed by atoms with Crippen LogP contribution in [0.3, 0.4) is 0 Å². The van der Waals surface area contributed by atoms with E-state index in [1.807, 2.05) is 30.3 Å². The van der Waals surface area contributed by atoms with E-state index < -0.39 is 15.7 Å². The molecular formula is C25H21FN2O5S. The normalized spacial score (nSPS) is 13.0. The Balaban J connectivity index is 1.50. The Kier molecular flexibility index (Phi) is 5.93. The molecule has 0 saturated heterocycles. The van der Waals surface area contributed by atoms with Gasteiger partial charge < -0.3 is 19.2 Å². The first-order chi connectivity index (χ1) is 16.5. The van der Waals surface area contributed by atoms with Crippen LogP contribution in [0.25, 0.3) is 11.5 Å². The van der Waals surface area contributed by atoms with Crippen molar-refractivity contribution in [2.24, 2.45) is 0 Å². The van der Waals surface area contributed by atoms with Gasteiger partial charge >= 0.3 is 0 Å². The highest BCUT2D eigenvalue weighted by atomic mass is 32.2. The molecule has 0 amide bonds. The molecule has 34 heavy (non-hydrogen) atoms. The zero-order valence-electron chi connectivity index (χ0n) is 18.0. The molecule has 1 aromatic heterocycles. The number of anilines is 1. The van der Waals surface area contributed by atoms with Gasteiger partial charge in [0.2, 0.25) is 26.6 Å². The number of halogens is 1. The number of aromatic nitrogens is 1. The van der Waals surface area contributed by atoms with Gasteiger partial charge in [-0.1, -0.05) is 30.3 Å². The van der Waals surface area contributed by atoms with Crippen LogP contribution in [0.2, 0.25) is 0 Å². The lowest BCUT2D eigenvalue weighted by Crippen LogP contribution is -2.16. The number of benzene rings is 3. The van der Waals surface area contributed by atoms with Gasteiger partial charge in [-0.25, -0.2) is 12.8 Å². The van der Waals surface area contributed by atoms with Crippen molar-refractivity contribution < 1.29 is 26.7 Å². The van der Waals surface area contributed by atoms with Gasteiger partial charge in [0.05, 0.1) is 4.90 Å². The van der Waals surface area contributed by atoms with Crippen LogP contribution >= 0.6 is 0 Å². The lowest BCUT2D eigenvalue weighted by molar-refractivity contribution is 0.171. The molecule has 1 aliphatic rings. The predicted molar refractivity (Wildman–Crippen MR) is 123 cm³/mol. The van der Waals surface area contributed by atoms with Crippen LogP contribution in [-0.2, 0) is 16.3 Å². The van der Waals surface area contributed by atoms with Gasteiger partial charge in [0.25, 0.3) is 0 Å². The highest BCUT2D eigenvalue weighted by Crippen LogP contribution is 2.37. The van der Waals surface area contributed by atoms with Crippen LogP contribution < -0.4 is 14.8 Å². The quantitative estimate of drug-likeness (QED) is 0.409. The van der Waals surface area contributed by atoms with Crippen molar-refractivity contribution in [3.8, 4) is 23.0 Å². The van der Waals surface area contributed by atoms with E-state index in [1.54, 1.807) is 6.07 Å². The molecule has 0 radical (unpaired) electrons. The highest BCUT2D eigenvalue weighted by Gasteiger charge is 2.30. The maximum Gasteiger partial charge on any atom is 0.233 e. The predicted octanol–water partition coefficient (Wildman–Crippen LogP) is 4.74. The van der Waals surface area contributed by atoms with Gasteiger partial charge in [0, 0.05) is 18.2 Å². The topological polar surface area (TPSA) is 90.7 Å². The monoisotopic (exact) mass is 480 g/mol. The lowest BCUT2D eigenvalue weighted by Gasteiger charge is -2.18. The van der Waals surface area contributed by atoms with Crippen molar-refractivity contribution in [2.75, 3.05) is 25.1 Å². The number of nitrogens with zero attached hydrogens (tertiary/aromatic N) is 1. The second-order valence-electron chi connectivity index (χ2n) is 7.63. The minimum atomic E-state index is -4.07. The maximum absolute atomic E-state index is 13.6. The SMILES string of the molecule is O=S(=O)(c1ccc2c(c1)OCCO2)c1nc(-c2ccc(F)cc2)oc1NCCc1ccccc1. The molecule has 1 N–H and O–H groups in total. The number of oxazole rings is 1. The molecule has 1 aliphatic heterocycles. The summed E-state index contributed by atoms with van der Waals surface area (Å²) in [5.74, 6) is 0.510. The molecule has 0 bridgehead atoms. The Bertz CT molecular complexity index is 1400. The molecule has 174 valence electrons. The third-order valence-electron chi connectivity index (χ3n) is 5.31. The summed E-state index contributed by atoms with van der Waals surface area (Å²) in [6.45, 7) is 1.16. The van der Waals surface area contributed by atoms with E-state index in [-0.39, 0.29) is 21.7 Å². The number of hydrogen-bond donors (Lipinski definition) is 1. The molecule has 4 aromatic rings. The van der Waals surface area contributed by atoms with Crippen LogP contribution in [0.5, 0.6) is 11.5 Å². The van der Waals surface area contributed by atoms with Crippen LogP contribution in [0.1, 0.15) is 5.56 Å². The lowest BCUT2D eigenvalue weighted by atomic mass is 10.1. The molecule has 9 heteroatoms. The summed E-state index contributed by atoms with van der Waals surface area (Å²) in [5, 5.41) is 2.81. The summed E-state index contributed by atoms with van der Waals surface area (Å²) < 4.78 is 57.3. The van der Waals surface area contributed by atoms with Gasteiger partial charge in [-0.05, 0) is 48.4 Å². The largest absolute Gasteiger partial charge is 0.486 e. The van der Waals surface area contributed by atoms with Crippen molar-refractivity contribution in [1.29, 1.82) is 0 Å². The third kappa shape index (κ3) is 4.47. The standard InChI is InChI=1S/C25H21FN2O5S/c26-19-8-6-18(7-9-19)23-28-25(24(33-23)27-13-12-17-4-2-1-3-5-17)34(29,30)20-10-11-21-22(16-20)32-15-14-31-21/h1-11,16,27H,12-15H2. The molecule has 0 fully saturated rings. The fourth-order valence-corrected chi connectivity index (χ4v) is 4.88. The minimum Gasteiger partial charge on any atom is -0.486 e. The van der Waals surface area contributed by atoms with Gasteiger partial charge in [-0.3, -0.25) is 0 Å². The van der Waals surface area contributed by atoms with Gasteiger partial charge in [-0.2, -0.15) is 4.98 Å². The molecule has 3 aromatic carbocycles. The molecule has 0 aliphatic carbocycles. The van der Waals surface area contributed by atoms with Crippen LogP contribution in [0.15, 0.2) is 87.1 Å². The average Bonchev–Trinajstić information content (AvgIpc) is 3.30. The van der Waals surface area contributed by atoms with E-state index >= 15 is 0 Å². The smallest absolute Gasteiger partial charge is 0.233 e.